The summed E-state index contributed by atoms with van der Waals surface area (Å²) in [5.74, 6) is 0.168. The summed E-state index contributed by atoms with van der Waals surface area (Å²) in [4.78, 5) is 15.5. The second kappa shape index (κ2) is 5.47. The van der Waals surface area contributed by atoms with Gasteiger partial charge >= 0.3 is 0 Å². The van der Waals surface area contributed by atoms with E-state index in [1.807, 2.05) is 11.0 Å². The lowest BCUT2D eigenvalue weighted by molar-refractivity contribution is -0.142. The molecule has 0 saturated carbocycles. The van der Waals surface area contributed by atoms with Crippen molar-refractivity contribution in [1.82, 2.24) is 4.90 Å². The molecule has 2 aliphatic rings. The Morgan fingerprint density at radius 1 is 1.36 bits per heavy atom. The summed E-state index contributed by atoms with van der Waals surface area (Å²) in [6, 6.07) is 3.58. The number of halogens is 1. The highest BCUT2D eigenvalue weighted by molar-refractivity contribution is 6.31. The van der Waals surface area contributed by atoms with Gasteiger partial charge in [0.1, 0.15) is 0 Å². The van der Waals surface area contributed by atoms with E-state index in [9.17, 15) is 4.79 Å². The van der Waals surface area contributed by atoms with Gasteiger partial charge in [0.15, 0.2) is 0 Å². The molecule has 1 amide bonds. The van der Waals surface area contributed by atoms with Crippen LogP contribution in [0.1, 0.15) is 25.3 Å². The molecule has 2 fully saturated rings. The zero-order valence-electron chi connectivity index (χ0n) is 12.7. The lowest BCUT2D eigenvalue weighted by Crippen LogP contribution is -2.61. The number of nitrogen functional groups attached to an aromatic ring is 1. The van der Waals surface area contributed by atoms with E-state index < -0.39 is 0 Å². The van der Waals surface area contributed by atoms with E-state index in [0.29, 0.717) is 10.7 Å². The summed E-state index contributed by atoms with van der Waals surface area (Å²) in [5.41, 5.74) is 8.49. The molecule has 22 heavy (non-hydrogen) atoms. The highest BCUT2D eigenvalue weighted by Crippen LogP contribution is 2.42. The number of nitrogens with one attached hydrogen (secondary N) is 1. The quantitative estimate of drug-likeness (QED) is 0.649. The highest BCUT2D eigenvalue weighted by Gasteiger charge is 2.45. The molecule has 0 unspecified atom stereocenters. The van der Waals surface area contributed by atoms with Crippen molar-refractivity contribution in [3.05, 3.63) is 22.7 Å². The summed E-state index contributed by atoms with van der Waals surface area (Å²) < 4.78 is 0. The minimum Gasteiger partial charge on any atom is -0.398 e. The van der Waals surface area contributed by atoms with Crippen LogP contribution in [0.2, 0.25) is 5.02 Å². The number of hydrogen-bond acceptors (Lipinski definition) is 4. The number of benzene rings is 1. The van der Waals surface area contributed by atoms with Gasteiger partial charge in [0.05, 0.1) is 0 Å². The van der Waals surface area contributed by atoms with E-state index in [4.69, 9.17) is 22.7 Å². The number of anilines is 2. The van der Waals surface area contributed by atoms with E-state index in [1.54, 1.807) is 13.0 Å². The van der Waals surface area contributed by atoms with Gasteiger partial charge in [0, 0.05) is 66.7 Å². The Labute approximate surface area is 135 Å². The SMILES string of the molecule is CC(=O)N1CC2(CCN(c3cc(Cl)cc(N)c3C=N)CC2)C1. The Balaban J connectivity index is 1.73. The van der Waals surface area contributed by atoms with E-state index in [0.717, 1.165) is 50.3 Å². The Kier molecular flexibility index (Phi) is 3.77. The third-order valence-corrected chi connectivity index (χ3v) is 5.18. The van der Waals surface area contributed by atoms with Gasteiger partial charge < -0.3 is 20.9 Å². The normalized spacial score (nSPS) is 19.9. The molecule has 3 N–H and O–H groups in total. The molecule has 1 aromatic carbocycles. The fourth-order valence-corrected chi connectivity index (χ4v) is 3.79. The zero-order chi connectivity index (χ0) is 15.9. The van der Waals surface area contributed by atoms with Crippen LogP contribution in [0, 0.1) is 10.8 Å². The smallest absolute Gasteiger partial charge is 0.219 e. The van der Waals surface area contributed by atoms with Crippen LogP contribution in [-0.4, -0.2) is 43.2 Å². The number of rotatable bonds is 2. The lowest BCUT2D eigenvalue weighted by Gasteiger charge is -2.54. The summed E-state index contributed by atoms with van der Waals surface area (Å²) >= 11 is 6.12. The first-order valence-electron chi connectivity index (χ1n) is 7.54. The van der Waals surface area contributed by atoms with Crippen LogP contribution >= 0.6 is 11.6 Å². The number of amides is 1. The number of hydrogen-bond donors (Lipinski definition) is 2. The number of carbonyl (C=O) groups excluding carboxylic acids is 1. The van der Waals surface area contributed by atoms with Crippen molar-refractivity contribution in [2.45, 2.75) is 19.8 Å². The second-order valence-electron chi connectivity index (χ2n) is 6.43. The third-order valence-electron chi connectivity index (χ3n) is 4.96. The molecule has 3 rings (SSSR count). The summed E-state index contributed by atoms with van der Waals surface area (Å²) in [5, 5.41) is 8.20. The summed E-state index contributed by atoms with van der Waals surface area (Å²) in [7, 11) is 0. The van der Waals surface area contributed by atoms with Gasteiger partial charge in [-0.2, -0.15) is 0 Å². The number of carbonyl (C=O) groups is 1. The maximum absolute atomic E-state index is 11.4. The summed E-state index contributed by atoms with van der Waals surface area (Å²) in [6.45, 7) is 5.21. The number of nitrogens with zero attached hydrogens (tertiary/aromatic N) is 2. The predicted molar refractivity (Wildman–Crippen MR) is 89.9 cm³/mol. The molecular weight excluding hydrogens is 300 g/mol. The van der Waals surface area contributed by atoms with Crippen LogP contribution in [0.4, 0.5) is 11.4 Å². The van der Waals surface area contributed by atoms with Gasteiger partial charge in [0.2, 0.25) is 5.91 Å². The Bertz CT molecular complexity index is 615. The van der Waals surface area contributed by atoms with E-state index in [1.165, 1.54) is 6.21 Å². The maximum Gasteiger partial charge on any atom is 0.219 e. The van der Waals surface area contributed by atoms with Crippen LogP contribution < -0.4 is 10.6 Å². The van der Waals surface area contributed by atoms with Gasteiger partial charge in [-0.1, -0.05) is 11.6 Å². The van der Waals surface area contributed by atoms with Crippen molar-refractivity contribution in [1.29, 1.82) is 5.41 Å². The molecule has 6 heteroatoms. The molecule has 0 radical (unpaired) electrons. The molecule has 2 heterocycles. The van der Waals surface area contributed by atoms with Crippen molar-refractivity contribution >= 4 is 35.1 Å². The molecule has 1 spiro atoms. The maximum atomic E-state index is 11.4. The van der Waals surface area contributed by atoms with Gasteiger partial charge in [-0.25, -0.2) is 0 Å². The largest absolute Gasteiger partial charge is 0.398 e. The van der Waals surface area contributed by atoms with Crippen LogP contribution in [0.5, 0.6) is 0 Å². The Morgan fingerprint density at radius 3 is 2.55 bits per heavy atom. The second-order valence-corrected chi connectivity index (χ2v) is 6.87. The van der Waals surface area contributed by atoms with Crippen LogP contribution in [-0.2, 0) is 4.79 Å². The summed E-state index contributed by atoms with van der Waals surface area (Å²) in [6.07, 6.45) is 3.41. The Hall–Kier alpha value is -1.75. The first-order chi connectivity index (χ1) is 10.4. The first-order valence-corrected chi connectivity index (χ1v) is 7.92. The number of likely N-dealkylation sites (tertiary alicyclic amines) is 1. The first kappa shape index (κ1) is 15.2. The molecule has 5 nitrogen and oxygen atoms in total. The minimum atomic E-state index is 0.168. The third kappa shape index (κ3) is 2.54. The van der Waals surface area contributed by atoms with Gasteiger partial charge in [-0.3, -0.25) is 4.79 Å². The molecule has 0 aromatic heterocycles. The van der Waals surface area contributed by atoms with E-state index in [2.05, 4.69) is 4.90 Å². The van der Waals surface area contributed by atoms with Crippen molar-refractivity contribution in [2.24, 2.45) is 5.41 Å². The topological polar surface area (TPSA) is 73.4 Å². The van der Waals surface area contributed by atoms with Crippen molar-refractivity contribution < 1.29 is 4.79 Å². The molecule has 118 valence electrons. The zero-order valence-corrected chi connectivity index (χ0v) is 13.5. The monoisotopic (exact) mass is 320 g/mol. The van der Waals surface area contributed by atoms with Crippen LogP contribution in [0.25, 0.3) is 0 Å². The molecule has 2 aliphatic heterocycles. The molecule has 0 atom stereocenters. The average molecular weight is 321 g/mol. The van der Waals surface area contributed by atoms with Gasteiger partial charge in [-0.15, -0.1) is 0 Å². The molecule has 0 bridgehead atoms. The molecule has 1 aromatic rings. The fraction of sp³-hybridized carbons (Fsp3) is 0.500. The minimum absolute atomic E-state index is 0.168. The van der Waals surface area contributed by atoms with Crippen molar-refractivity contribution in [2.75, 3.05) is 36.8 Å². The standard InChI is InChI=1S/C16H21ClN4O/c1-11(22)21-9-16(10-21)2-4-20(5-3-16)15-7-12(17)6-14(19)13(15)8-18/h6-8,18H,2-5,9-10,19H2,1H3. The average Bonchev–Trinajstić information content (AvgIpc) is 2.44. The predicted octanol–water partition coefficient (Wildman–Crippen LogP) is 2.37. The fourth-order valence-electron chi connectivity index (χ4n) is 3.57. The number of piperidine rings is 1. The van der Waals surface area contributed by atoms with Crippen LogP contribution in [0.15, 0.2) is 12.1 Å². The number of nitrogens with two attached hydrogens (primary N) is 1. The highest BCUT2D eigenvalue weighted by atomic mass is 35.5. The van der Waals surface area contributed by atoms with E-state index in [-0.39, 0.29) is 11.3 Å². The lowest BCUT2D eigenvalue weighted by atomic mass is 9.72. The van der Waals surface area contributed by atoms with Gasteiger partial charge in [0.25, 0.3) is 0 Å². The Morgan fingerprint density at radius 2 is 2.00 bits per heavy atom. The van der Waals surface area contributed by atoms with Gasteiger partial charge in [-0.05, 0) is 25.0 Å². The van der Waals surface area contributed by atoms with Crippen molar-refractivity contribution in [3.8, 4) is 0 Å². The van der Waals surface area contributed by atoms with E-state index >= 15 is 0 Å². The van der Waals surface area contributed by atoms with Crippen molar-refractivity contribution in [3.63, 3.8) is 0 Å². The molecular formula is C16H21ClN4O. The van der Waals surface area contributed by atoms with Crippen LogP contribution in [0.3, 0.4) is 0 Å². The molecule has 2 saturated heterocycles. The molecule has 0 aliphatic carbocycles.